The Balaban J connectivity index is 2.61. The van der Waals surface area contributed by atoms with Crippen molar-refractivity contribution in [2.24, 2.45) is 10.9 Å². The molecular weight excluding hydrogens is 273 g/mol. The number of ether oxygens (including phenoxy) is 1. The summed E-state index contributed by atoms with van der Waals surface area (Å²) in [5.41, 5.74) is 5.92. The maximum atomic E-state index is 13.6. The van der Waals surface area contributed by atoms with Crippen LogP contribution < -0.4 is 16.2 Å². The normalized spacial score (nSPS) is 13.3. The van der Waals surface area contributed by atoms with Crippen LogP contribution in [-0.2, 0) is 14.8 Å². The van der Waals surface area contributed by atoms with Crippen LogP contribution in [-0.4, -0.2) is 34.7 Å². The van der Waals surface area contributed by atoms with E-state index < -0.39 is 15.8 Å². The molecule has 0 saturated carbocycles. The summed E-state index contributed by atoms with van der Waals surface area (Å²) < 4.78 is 40.6. The molecule has 0 radical (unpaired) electrons. The summed E-state index contributed by atoms with van der Waals surface area (Å²) in [6, 6.07) is 3.32. The fraction of sp³-hybridized carbons (Fsp3) is 0.455. The van der Waals surface area contributed by atoms with Crippen molar-refractivity contribution in [2.75, 3.05) is 25.6 Å². The van der Waals surface area contributed by atoms with Crippen LogP contribution >= 0.6 is 0 Å². The summed E-state index contributed by atoms with van der Waals surface area (Å²) in [6.07, 6.45) is 0.601. The molecule has 0 fully saturated rings. The number of halogens is 1. The van der Waals surface area contributed by atoms with E-state index in [1.54, 1.807) is 7.11 Å². The number of hydrogen-bond donors (Lipinski definition) is 3. The molecule has 19 heavy (non-hydrogen) atoms. The highest BCUT2D eigenvalue weighted by atomic mass is 32.2. The third kappa shape index (κ3) is 5.11. The van der Waals surface area contributed by atoms with Crippen LogP contribution in [0.15, 0.2) is 23.1 Å². The standard InChI is InChI=1S/C11H18FN3O3S/c1-18-7-8(13)4-5-15-11-3-2-9(6-10(11)12)19(14,16)17/h2-3,6,8,15H,4-5,7,13H2,1H3,(H2,14,16,17). The van der Waals surface area contributed by atoms with Gasteiger partial charge in [0.25, 0.3) is 0 Å². The first-order valence-electron chi connectivity index (χ1n) is 5.65. The molecule has 1 aromatic carbocycles. The molecule has 0 saturated heterocycles. The summed E-state index contributed by atoms with van der Waals surface area (Å²) in [6.45, 7) is 0.880. The fourth-order valence-corrected chi connectivity index (χ4v) is 2.03. The topological polar surface area (TPSA) is 107 Å². The van der Waals surface area contributed by atoms with Crippen LogP contribution in [0.3, 0.4) is 0 Å². The molecule has 1 rings (SSSR count). The number of sulfonamides is 1. The molecule has 0 bridgehead atoms. The van der Waals surface area contributed by atoms with Gasteiger partial charge in [-0.05, 0) is 24.6 Å². The number of hydrogen-bond acceptors (Lipinski definition) is 5. The highest BCUT2D eigenvalue weighted by molar-refractivity contribution is 7.89. The van der Waals surface area contributed by atoms with Gasteiger partial charge in [0.15, 0.2) is 0 Å². The van der Waals surface area contributed by atoms with E-state index in [4.69, 9.17) is 15.6 Å². The van der Waals surface area contributed by atoms with Gasteiger partial charge in [-0.15, -0.1) is 0 Å². The number of nitrogens with two attached hydrogens (primary N) is 2. The van der Waals surface area contributed by atoms with Gasteiger partial charge in [0.2, 0.25) is 10.0 Å². The first-order valence-corrected chi connectivity index (χ1v) is 7.20. The molecule has 108 valence electrons. The Kier molecular flexibility index (Phi) is 5.67. The summed E-state index contributed by atoms with van der Waals surface area (Å²) in [5, 5.41) is 7.74. The van der Waals surface area contributed by atoms with E-state index in [0.29, 0.717) is 19.6 Å². The van der Waals surface area contributed by atoms with Crippen molar-refractivity contribution in [3.05, 3.63) is 24.0 Å². The van der Waals surface area contributed by atoms with Crippen molar-refractivity contribution in [3.8, 4) is 0 Å². The summed E-state index contributed by atoms with van der Waals surface area (Å²) in [4.78, 5) is -0.258. The molecular formula is C11H18FN3O3S. The lowest BCUT2D eigenvalue weighted by Gasteiger charge is -2.12. The Hall–Kier alpha value is -1.22. The summed E-state index contributed by atoms with van der Waals surface area (Å²) >= 11 is 0. The monoisotopic (exact) mass is 291 g/mol. The average Bonchev–Trinajstić information content (AvgIpc) is 2.30. The number of primary sulfonamides is 1. The molecule has 0 spiro atoms. The lowest BCUT2D eigenvalue weighted by molar-refractivity contribution is 0.178. The molecule has 0 aliphatic carbocycles. The van der Waals surface area contributed by atoms with E-state index >= 15 is 0 Å². The Morgan fingerprint density at radius 3 is 2.68 bits per heavy atom. The number of anilines is 1. The minimum atomic E-state index is -3.89. The van der Waals surface area contributed by atoms with Crippen molar-refractivity contribution in [1.29, 1.82) is 0 Å². The van der Waals surface area contributed by atoms with Crippen molar-refractivity contribution in [2.45, 2.75) is 17.4 Å². The van der Waals surface area contributed by atoms with Gasteiger partial charge in [0.05, 0.1) is 17.2 Å². The van der Waals surface area contributed by atoms with Crippen molar-refractivity contribution in [1.82, 2.24) is 0 Å². The maximum absolute atomic E-state index is 13.6. The van der Waals surface area contributed by atoms with Crippen LogP contribution in [0.2, 0.25) is 0 Å². The van der Waals surface area contributed by atoms with Gasteiger partial charge in [-0.1, -0.05) is 0 Å². The Morgan fingerprint density at radius 2 is 2.16 bits per heavy atom. The minimum Gasteiger partial charge on any atom is -0.383 e. The SMILES string of the molecule is COCC(N)CCNc1ccc(S(N)(=O)=O)cc1F. The van der Waals surface area contributed by atoms with Crippen LogP contribution in [0.1, 0.15) is 6.42 Å². The van der Waals surface area contributed by atoms with E-state index in [1.165, 1.54) is 12.1 Å². The van der Waals surface area contributed by atoms with Gasteiger partial charge < -0.3 is 15.8 Å². The van der Waals surface area contributed by atoms with Gasteiger partial charge in [-0.25, -0.2) is 17.9 Å². The zero-order valence-corrected chi connectivity index (χ0v) is 11.4. The van der Waals surface area contributed by atoms with E-state index in [2.05, 4.69) is 5.32 Å². The molecule has 6 nitrogen and oxygen atoms in total. The average molecular weight is 291 g/mol. The zero-order chi connectivity index (χ0) is 14.5. The molecule has 0 aromatic heterocycles. The first-order chi connectivity index (χ1) is 8.84. The van der Waals surface area contributed by atoms with E-state index in [0.717, 1.165) is 6.07 Å². The second-order valence-electron chi connectivity index (χ2n) is 4.12. The molecule has 5 N–H and O–H groups in total. The van der Waals surface area contributed by atoms with Crippen LogP contribution in [0.4, 0.5) is 10.1 Å². The third-order valence-electron chi connectivity index (χ3n) is 2.48. The molecule has 0 aliphatic heterocycles. The van der Waals surface area contributed by atoms with Crippen LogP contribution in [0.25, 0.3) is 0 Å². The van der Waals surface area contributed by atoms with Gasteiger partial charge in [-0.3, -0.25) is 0 Å². The van der Waals surface area contributed by atoms with Gasteiger partial charge in [0, 0.05) is 19.7 Å². The van der Waals surface area contributed by atoms with Crippen molar-refractivity contribution in [3.63, 3.8) is 0 Å². The van der Waals surface area contributed by atoms with Crippen molar-refractivity contribution < 1.29 is 17.5 Å². The van der Waals surface area contributed by atoms with Gasteiger partial charge in [0.1, 0.15) is 5.82 Å². The molecule has 0 amide bonds. The number of rotatable bonds is 7. The summed E-state index contributed by atoms with van der Waals surface area (Å²) in [5.74, 6) is -0.674. The third-order valence-corrected chi connectivity index (χ3v) is 3.39. The highest BCUT2D eigenvalue weighted by Crippen LogP contribution is 2.18. The van der Waals surface area contributed by atoms with Crippen LogP contribution in [0, 0.1) is 5.82 Å². The zero-order valence-electron chi connectivity index (χ0n) is 10.6. The minimum absolute atomic E-state index is 0.135. The quantitative estimate of drug-likeness (QED) is 0.667. The number of nitrogens with one attached hydrogen (secondary N) is 1. The van der Waals surface area contributed by atoms with E-state index in [9.17, 15) is 12.8 Å². The molecule has 1 unspecified atom stereocenters. The first kappa shape index (κ1) is 15.8. The second kappa shape index (κ2) is 6.80. The lowest BCUT2D eigenvalue weighted by Crippen LogP contribution is -2.28. The predicted molar refractivity (Wildman–Crippen MR) is 70.7 cm³/mol. The molecule has 1 atom stereocenters. The van der Waals surface area contributed by atoms with Gasteiger partial charge in [-0.2, -0.15) is 0 Å². The molecule has 8 heteroatoms. The fourth-order valence-electron chi connectivity index (χ4n) is 1.51. The Bertz CT molecular complexity index is 522. The van der Waals surface area contributed by atoms with E-state index in [-0.39, 0.29) is 16.6 Å². The van der Waals surface area contributed by atoms with Gasteiger partial charge >= 0.3 is 0 Å². The number of benzene rings is 1. The highest BCUT2D eigenvalue weighted by Gasteiger charge is 2.11. The number of methoxy groups -OCH3 is 1. The van der Waals surface area contributed by atoms with E-state index in [1.807, 2.05) is 0 Å². The Labute approximate surface area is 112 Å². The predicted octanol–water partition coefficient (Wildman–Crippen LogP) is 0.249. The summed E-state index contributed by atoms with van der Waals surface area (Å²) in [7, 11) is -2.33. The lowest BCUT2D eigenvalue weighted by atomic mass is 10.2. The Morgan fingerprint density at radius 1 is 1.47 bits per heavy atom. The van der Waals surface area contributed by atoms with Crippen molar-refractivity contribution >= 4 is 15.7 Å². The van der Waals surface area contributed by atoms with Crippen LogP contribution in [0.5, 0.6) is 0 Å². The largest absolute Gasteiger partial charge is 0.383 e. The molecule has 0 aliphatic rings. The second-order valence-corrected chi connectivity index (χ2v) is 5.68. The smallest absolute Gasteiger partial charge is 0.238 e. The maximum Gasteiger partial charge on any atom is 0.238 e. The molecule has 0 heterocycles. The molecule has 1 aromatic rings.